The number of ether oxygens (including phenoxy) is 1. The maximum atomic E-state index is 13.4. The molecular formula is C35H40N2O6S. The fourth-order valence-corrected chi connectivity index (χ4v) is 8.71. The van der Waals surface area contributed by atoms with Crippen LogP contribution in [0.2, 0.25) is 0 Å². The number of methoxy groups -OCH3 is 1. The summed E-state index contributed by atoms with van der Waals surface area (Å²) in [5.74, 6) is -1.08. The number of aliphatic imine (C=N–C) groups is 1. The van der Waals surface area contributed by atoms with Crippen molar-refractivity contribution in [3.05, 3.63) is 95.6 Å². The van der Waals surface area contributed by atoms with Crippen LogP contribution in [-0.2, 0) is 35.8 Å². The molecule has 6 rings (SSSR count). The van der Waals surface area contributed by atoms with Gasteiger partial charge in [-0.2, -0.15) is 8.42 Å². The molecule has 1 saturated carbocycles. The molecule has 44 heavy (non-hydrogen) atoms. The van der Waals surface area contributed by atoms with Gasteiger partial charge in [-0.3, -0.25) is 18.9 Å². The minimum atomic E-state index is -4.08. The van der Waals surface area contributed by atoms with Crippen LogP contribution in [0.25, 0.3) is 0 Å². The van der Waals surface area contributed by atoms with E-state index in [0.717, 1.165) is 35.5 Å². The van der Waals surface area contributed by atoms with Crippen molar-refractivity contribution in [2.24, 2.45) is 16.8 Å². The van der Waals surface area contributed by atoms with E-state index >= 15 is 0 Å². The molecule has 2 unspecified atom stereocenters. The van der Waals surface area contributed by atoms with Crippen LogP contribution in [0.4, 0.5) is 5.69 Å². The first-order valence-electron chi connectivity index (χ1n) is 15.3. The molecule has 9 heteroatoms. The Kier molecular flexibility index (Phi) is 8.26. The van der Waals surface area contributed by atoms with Crippen molar-refractivity contribution in [3.8, 4) is 0 Å². The fourth-order valence-electron chi connectivity index (χ4n) is 7.73. The summed E-state index contributed by atoms with van der Waals surface area (Å²) in [5, 5.41) is 12.0. The van der Waals surface area contributed by atoms with Gasteiger partial charge in [0.05, 0.1) is 41.2 Å². The Morgan fingerprint density at radius 2 is 1.77 bits per heavy atom. The SMILES string of the molecule is CC[C@@](O)(COS(=O)(=O)c1ccc(C)cc1)C[C@@H]1CC(C(=O)OC)C2=Nc3ccccc3C23CCN(Cc2ccccc2)[C@H]13. The number of aliphatic hydroxyl groups is 1. The van der Waals surface area contributed by atoms with Gasteiger partial charge in [-0.15, -0.1) is 0 Å². The van der Waals surface area contributed by atoms with E-state index in [1.165, 1.54) is 24.8 Å². The maximum Gasteiger partial charge on any atom is 0.314 e. The van der Waals surface area contributed by atoms with Crippen molar-refractivity contribution in [1.82, 2.24) is 4.90 Å². The van der Waals surface area contributed by atoms with E-state index in [0.29, 0.717) is 13.0 Å². The van der Waals surface area contributed by atoms with Crippen molar-refractivity contribution in [2.75, 3.05) is 20.3 Å². The Morgan fingerprint density at radius 3 is 2.48 bits per heavy atom. The quantitative estimate of drug-likeness (QED) is 0.242. The highest BCUT2D eigenvalue weighted by molar-refractivity contribution is 7.86. The molecule has 1 saturated heterocycles. The average Bonchev–Trinajstić information content (AvgIpc) is 3.58. The molecule has 5 atom stereocenters. The normalized spacial score (nSPS) is 25.8. The molecule has 232 valence electrons. The zero-order valence-electron chi connectivity index (χ0n) is 25.5. The van der Waals surface area contributed by atoms with Crippen molar-refractivity contribution >= 4 is 27.5 Å². The number of nitrogens with zero attached hydrogens (tertiary/aromatic N) is 2. The van der Waals surface area contributed by atoms with E-state index in [-0.39, 0.29) is 42.3 Å². The lowest BCUT2D eigenvalue weighted by Gasteiger charge is -2.49. The van der Waals surface area contributed by atoms with E-state index in [9.17, 15) is 18.3 Å². The molecule has 3 aromatic carbocycles. The molecule has 1 aliphatic carbocycles. The smallest absolute Gasteiger partial charge is 0.314 e. The molecule has 0 aromatic heterocycles. The van der Waals surface area contributed by atoms with Crippen LogP contribution < -0.4 is 0 Å². The summed E-state index contributed by atoms with van der Waals surface area (Å²) in [6.45, 7) is 4.85. The molecule has 2 aliphatic heterocycles. The Labute approximate surface area is 259 Å². The summed E-state index contributed by atoms with van der Waals surface area (Å²) in [7, 11) is -2.67. The third kappa shape index (κ3) is 5.40. The van der Waals surface area contributed by atoms with E-state index in [1.807, 2.05) is 50.2 Å². The Morgan fingerprint density at radius 1 is 1.07 bits per heavy atom. The third-order valence-electron chi connectivity index (χ3n) is 9.90. The van der Waals surface area contributed by atoms with Crippen LogP contribution in [0.5, 0.6) is 0 Å². The third-order valence-corrected chi connectivity index (χ3v) is 11.2. The topological polar surface area (TPSA) is 106 Å². The van der Waals surface area contributed by atoms with E-state index in [2.05, 4.69) is 23.1 Å². The first-order chi connectivity index (χ1) is 21.1. The van der Waals surface area contributed by atoms with E-state index in [1.54, 1.807) is 12.1 Å². The Hall–Kier alpha value is -3.37. The first-order valence-corrected chi connectivity index (χ1v) is 16.7. The summed E-state index contributed by atoms with van der Waals surface area (Å²) in [5.41, 5.74) is 2.99. The molecule has 1 N–H and O–H groups in total. The molecular weight excluding hydrogens is 576 g/mol. The van der Waals surface area contributed by atoms with Gasteiger partial charge in [0.25, 0.3) is 10.1 Å². The number of hydrogen-bond acceptors (Lipinski definition) is 8. The zero-order chi connectivity index (χ0) is 31.1. The van der Waals surface area contributed by atoms with Gasteiger partial charge in [-0.1, -0.05) is 73.2 Å². The molecule has 3 aliphatic rings. The summed E-state index contributed by atoms with van der Waals surface area (Å²) >= 11 is 0. The van der Waals surface area contributed by atoms with E-state index < -0.39 is 27.1 Å². The summed E-state index contributed by atoms with van der Waals surface area (Å²) < 4.78 is 37.0. The number of carbonyl (C=O) groups is 1. The molecule has 8 nitrogen and oxygen atoms in total. The van der Waals surface area contributed by atoms with Crippen LogP contribution >= 0.6 is 0 Å². The monoisotopic (exact) mass is 616 g/mol. The molecule has 2 fully saturated rings. The van der Waals surface area contributed by atoms with Crippen LogP contribution in [-0.4, -0.2) is 62.0 Å². The predicted octanol–water partition coefficient (Wildman–Crippen LogP) is 5.34. The molecule has 1 spiro atoms. The second kappa shape index (κ2) is 11.9. The van der Waals surface area contributed by atoms with Crippen LogP contribution in [0.1, 0.15) is 49.3 Å². The van der Waals surface area contributed by atoms with Crippen molar-refractivity contribution in [2.45, 2.75) is 68.0 Å². The standard InChI is InChI=1S/C35H40N2O6S/c1-4-34(39,23-43-44(40,41)27-16-14-24(2)15-17-27)21-26-20-28(33(38)42-3)31-35(29-12-8-9-13-30(29)36-31)18-19-37(32(26)35)22-25-10-6-5-7-11-25/h5-17,26,28,32,39H,4,18-23H2,1-3H3/t26-,28?,32+,34-,35?/m0/s1. The summed E-state index contributed by atoms with van der Waals surface area (Å²) in [6, 6.07) is 24.8. The zero-order valence-corrected chi connectivity index (χ0v) is 26.3. The second-order valence-electron chi connectivity index (χ2n) is 12.5. The lowest BCUT2D eigenvalue weighted by Crippen LogP contribution is -2.59. The summed E-state index contributed by atoms with van der Waals surface area (Å²) in [6.07, 6.45) is 1.76. The number of esters is 1. The van der Waals surface area contributed by atoms with Crippen molar-refractivity contribution < 1.29 is 27.2 Å². The van der Waals surface area contributed by atoms with Crippen LogP contribution in [0, 0.1) is 18.8 Å². The van der Waals surface area contributed by atoms with Gasteiger partial charge in [-0.25, -0.2) is 0 Å². The minimum absolute atomic E-state index is 0.0529. The Bertz CT molecular complexity index is 1660. The lowest BCUT2D eigenvalue weighted by molar-refractivity contribution is -0.144. The number of hydrogen-bond donors (Lipinski definition) is 1. The predicted molar refractivity (Wildman–Crippen MR) is 168 cm³/mol. The summed E-state index contributed by atoms with van der Waals surface area (Å²) in [4.78, 5) is 21.0. The van der Waals surface area contributed by atoms with Crippen LogP contribution in [0.3, 0.4) is 0 Å². The second-order valence-corrected chi connectivity index (χ2v) is 14.1. The van der Waals surface area contributed by atoms with Gasteiger partial charge in [-0.05, 0) is 67.9 Å². The highest BCUT2D eigenvalue weighted by atomic mass is 32.2. The van der Waals surface area contributed by atoms with Gasteiger partial charge < -0.3 is 9.84 Å². The fraction of sp³-hybridized carbons (Fsp3) is 0.429. The maximum absolute atomic E-state index is 13.4. The van der Waals surface area contributed by atoms with Gasteiger partial charge in [0.2, 0.25) is 0 Å². The highest BCUT2D eigenvalue weighted by Crippen LogP contribution is 2.58. The lowest BCUT2D eigenvalue weighted by atomic mass is 9.57. The molecule has 0 bridgehead atoms. The van der Waals surface area contributed by atoms with Gasteiger partial charge >= 0.3 is 5.97 Å². The molecule has 3 aromatic rings. The first kappa shape index (κ1) is 30.6. The number of rotatable bonds is 10. The minimum Gasteiger partial charge on any atom is -0.469 e. The Balaban J connectivity index is 1.37. The van der Waals surface area contributed by atoms with Crippen molar-refractivity contribution in [3.63, 3.8) is 0 Å². The molecule has 0 radical (unpaired) electrons. The van der Waals surface area contributed by atoms with Gasteiger partial charge in [0, 0.05) is 24.8 Å². The number of aryl methyl sites for hydroxylation is 1. The van der Waals surface area contributed by atoms with Gasteiger partial charge in [0.1, 0.15) is 0 Å². The number of para-hydroxylation sites is 1. The van der Waals surface area contributed by atoms with Crippen LogP contribution in [0.15, 0.2) is 88.8 Å². The number of carbonyl (C=O) groups excluding carboxylic acids is 1. The van der Waals surface area contributed by atoms with E-state index in [4.69, 9.17) is 13.9 Å². The van der Waals surface area contributed by atoms with Crippen molar-refractivity contribution in [1.29, 1.82) is 0 Å². The largest absolute Gasteiger partial charge is 0.469 e. The highest BCUT2D eigenvalue weighted by Gasteiger charge is 2.63. The number of fused-ring (bicyclic) bond motifs is 1. The number of likely N-dealkylation sites (tertiary alicyclic amines) is 1. The average molecular weight is 617 g/mol. The number of benzene rings is 3. The molecule has 0 amide bonds. The van der Waals surface area contributed by atoms with Gasteiger partial charge in [0.15, 0.2) is 0 Å². The molecule has 2 heterocycles.